The molecule has 0 spiro atoms. The van der Waals surface area contributed by atoms with Gasteiger partial charge in [0.1, 0.15) is 12.4 Å². The minimum absolute atomic E-state index is 0.0345. The first kappa shape index (κ1) is 19.1. The van der Waals surface area contributed by atoms with Gasteiger partial charge in [0, 0.05) is 34.6 Å². The van der Waals surface area contributed by atoms with E-state index < -0.39 is 0 Å². The highest BCUT2D eigenvalue weighted by Gasteiger charge is 2.40. The zero-order chi connectivity index (χ0) is 21.0. The van der Waals surface area contributed by atoms with Crippen LogP contribution in [0.2, 0.25) is 0 Å². The molecule has 2 fully saturated rings. The van der Waals surface area contributed by atoms with Gasteiger partial charge in [-0.25, -0.2) is 14.4 Å². The molecule has 1 N–H and O–H groups in total. The molecule has 162 valence electrons. The molecular formula is C25H29FN4O. The molecule has 5 nitrogen and oxygen atoms in total. The van der Waals surface area contributed by atoms with Crippen LogP contribution in [0, 0.1) is 5.82 Å². The molecule has 1 saturated heterocycles. The number of aromatic amines is 1. The molecule has 1 saturated carbocycles. The summed E-state index contributed by atoms with van der Waals surface area (Å²) in [7, 11) is 0. The van der Waals surface area contributed by atoms with E-state index in [1.165, 1.54) is 38.2 Å². The number of hydrogen-bond acceptors (Lipinski definition) is 4. The standard InChI is InChI=1S/C25H29FN4O/c1-25(9-4-2-5-10-25)22-21-24(30-12-6-3-7-17(30)15-31-21)29-23(28-22)19-13-16(26)14-20-18(19)8-11-27-20/h8,11,13-14,17,27H,2-7,9-10,12,15H2,1H3. The SMILES string of the molecule is CC1(c2nc(-c3cc(F)cc4[nH]ccc34)nc3c2OCC2CCCCN32)CCCCC1. The van der Waals surface area contributed by atoms with E-state index in [4.69, 9.17) is 14.7 Å². The van der Waals surface area contributed by atoms with Crippen LogP contribution in [0.1, 0.15) is 64.0 Å². The normalized spacial score (nSPS) is 22.6. The number of nitrogens with one attached hydrogen (secondary N) is 1. The second kappa shape index (κ2) is 7.21. The molecule has 1 atom stereocenters. The van der Waals surface area contributed by atoms with Crippen molar-refractivity contribution in [1.82, 2.24) is 15.0 Å². The molecule has 6 rings (SSSR count). The summed E-state index contributed by atoms with van der Waals surface area (Å²) < 4.78 is 20.9. The highest BCUT2D eigenvalue weighted by Crippen LogP contribution is 2.48. The first-order chi connectivity index (χ1) is 15.1. The predicted molar refractivity (Wildman–Crippen MR) is 120 cm³/mol. The molecule has 1 aromatic carbocycles. The van der Waals surface area contributed by atoms with Crippen LogP contribution in [0.4, 0.5) is 10.2 Å². The van der Waals surface area contributed by atoms with Crippen LogP contribution in [0.25, 0.3) is 22.3 Å². The van der Waals surface area contributed by atoms with Crippen LogP contribution in [-0.4, -0.2) is 34.1 Å². The van der Waals surface area contributed by atoms with Crippen LogP contribution >= 0.6 is 0 Å². The van der Waals surface area contributed by atoms with Gasteiger partial charge in [-0.15, -0.1) is 0 Å². The largest absolute Gasteiger partial charge is 0.486 e. The molecule has 2 aliphatic heterocycles. The summed E-state index contributed by atoms with van der Waals surface area (Å²) in [5, 5.41) is 0.952. The van der Waals surface area contributed by atoms with Gasteiger partial charge in [0.25, 0.3) is 0 Å². The fraction of sp³-hybridized carbons (Fsp3) is 0.520. The number of hydrogen-bond donors (Lipinski definition) is 1. The molecule has 31 heavy (non-hydrogen) atoms. The average molecular weight is 421 g/mol. The minimum Gasteiger partial charge on any atom is -0.486 e. The van der Waals surface area contributed by atoms with Gasteiger partial charge < -0.3 is 14.6 Å². The highest BCUT2D eigenvalue weighted by molar-refractivity contribution is 5.93. The van der Waals surface area contributed by atoms with Gasteiger partial charge in [-0.2, -0.15) is 0 Å². The van der Waals surface area contributed by atoms with Gasteiger partial charge in [-0.1, -0.05) is 26.2 Å². The van der Waals surface area contributed by atoms with Crippen LogP contribution in [0.5, 0.6) is 5.75 Å². The zero-order valence-corrected chi connectivity index (χ0v) is 18.1. The van der Waals surface area contributed by atoms with E-state index in [2.05, 4.69) is 16.8 Å². The van der Waals surface area contributed by atoms with Crippen molar-refractivity contribution >= 4 is 16.7 Å². The number of aromatic nitrogens is 3. The van der Waals surface area contributed by atoms with Crippen molar-refractivity contribution in [2.45, 2.75) is 69.7 Å². The Hall–Kier alpha value is -2.63. The van der Waals surface area contributed by atoms with Crippen LogP contribution in [0.3, 0.4) is 0 Å². The summed E-state index contributed by atoms with van der Waals surface area (Å²) in [4.78, 5) is 15.7. The smallest absolute Gasteiger partial charge is 0.184 e. The van der Waals surface area contributed by atoms with E-state index >= 15 is 0 Å². The molecule has 3 aliphatic rings. The lowest BCUT2D eigenvalue weighted by Gasteiger charge is -2.43. The third kappa shape index (κ3) is 3.10. The Kier molecular flexibility index (Phi) is 4.44. The zero-order valence-electron chi connectivity index (χ0n) is 18.1. The molecule has 1 unspecified atom stereocenters. The Bertz CT molecular complexity index is 1130. The minimum atomic E-state index is -0.274. The monoisotopic (exact) mass is 420 g/mol. The van der Waals surface area contributed by atoms with Gasteiger partial charge in [0.05, 0.1) is 11.7 Å². The lowest BCUT2D eigenvalue weighted by Crippen LogP contribution is -2.47. The number of anilines is 1. The Morgan fingerprint density at radius 1 is 1.13 bits per heavy atom. The van der Waals surface area contributed by atoms with Gasteiger partial charge >= 0.3 is 0 Å². The molecule has 0 amide bonds. The van der Waals surface area contributed by atoms with Gasteiger partial charge in [0.2, 0.25) is 0 Å². The summed E-state index contributed by atoms with van der Waals surface area (Å²) in [6, 6.07) is 5.46. The van der Waals surface area contributed by atoms with E-state index in [0.717, 1.165) is 59.5 Å². The van der Waals surface area contributed by atoms with Crippen molar-refractivity contribution in [1.29, 1.82) is 0 Å². The summed E-state index contributed by atoms with van der Waals surface area (Å²) in [5.74, 6) is 2.12. The number of fused-ring (bicyclic) bond motifs is 4. The van der Waals surface area contributed by atoms with Gasteiger partial charge in [-0.05, 0) is 50.3 Å². The Morgan fingerprint density at radius 3 is 2.87 bits per heavy atom. The van der Waals surface area contributed by atoms with Gasteiger partial charge in [-0.3, -0.25) is 0 Å². The van der Waals surface area contributed by atoms with E-state index in [-0.39, 0.29) is 11.2 Å². The number of ether oxygens (including phenoxy) is 1. The number of halogens is 1. The molecule has 0 bridgehead atoms. The molecular weight excluding hydrogens is 391 g/mol. The molecule has 2 aromatic heterocycles. The maximum atomic E-state index is 14.5. The van der Waals surface area contributed by atoms with Crippen molar-refractivity contribution in [2.24, 2.45) is 0 Å². The van der Waals surface area contributed by atoms with Crippen LogP contribution in [-0.2, 0) is 5.41 Å². The quantitative estimate of drug-likeness (QED) is 0.575. The second-order valence-corrected chi connectivity index (χ2v) is 9.72. The first-order valence-corrected chi connectivity index (χ1v) is 11.7. The van der Waals surface area contributed by atoms with E-state index in [9.17, 15) is 4.39 Å². The second-order valence-electron chi connectivity index (χ2n) is 9.72. The van der Waals surface area contributed by atoms with Crippen molar-refractivity contribution in [2.75, 3.05) is 18.1 Å². The van der Waals surface area contributed by atoms with E-state index in [1.807, 2.05) is 12.3 Å². The number of H-pyrrole nitrogens is 1. The molecule has 3 aromatic rings. The Labute approximate surface area is 182 Å². The molecule has 1 aliphatic carbocycles. The summed E-state index contributed by atoms with van der Waals surface area (Å²) >= 11 is 0. The van der Waals surface area contributed by atoms with E-state index in [0.29, 0.717) is 18.5 Å². The fourth-order valence-electron chi connectivity index (χ4n) is 5.81. The van der Waals surface area contributed by atoms with Crippen molar-refractivity contribution in [3.63, 3.8) is 0 Å². The lowest BCUT2D eigenvalue weighted by atomic mass is 9.73. The number of rotatable bonds is 2. The van der Waals surface area contributed by atoms with Gasteiger partial charge in [0.15, 0.2) is 17.4 Å². The lowest BCUT2D eigenvalue weighted by molar-refractivity contribution is 0.222. The summed E-state index contributed by atoms with van der Waals surface area (Å²) in [6.07, 6.45) is 11.3. The maximum Gasteiger partial charge on any atom is 0.184 e. The van der Waals surface area contributed by atoms with Crippen molar-refractivity contribution < 1.29 is 9.13 Å². The predicted octanol–water partition coefficient (Wildman–Crippen LogP) is 5.74. The molecule has 4 heterocycles. The number of benzene rings is 1. The third-order valence-corrected chi connectivity index (χ3v) is 7.57. The maximum absolute atomic E-state index is 14.5. The van der Waals surface area contributed by atoms with E-state index in [1.54, 1.807) is 6.07 Å². The average Bonchev–Trinajstić information content (AvgIpc) is 3.26. The van der Waals surface area contributed by atoms with Crippen LogP contribution in [0.15, 0.2) is 24.4 Å². The topological polar surface area (TPSA) is 54.0 Å². The summed E-state index contributed by atoms with van der Waals surface area (Å²) in [6.45, 7) is 4.03. The number of piperidine rings is 1. The third-order valence-electron chi connectivity index (χ3n) is 7.57. The molecule has 0 radical (unpaired) electrons. The first-order valence-electron chi connectivity index (χ1n) is 11.7. The number of nitrogens with zero attached hydrogens (tertiary/aromatic N) is 3. The fourth-order valence-corrected chi connectivity index (χ4v) is 5.81. The molecule has 6 heteroatoms. The van der Waals surface area contributed by atoms with Crippen LogP contribution < -0.4 is 9.64 Å². The van der Waals surface area contributed by atoms with Crippen molar-refractivity contribution in [3.05, 3.63) is 35.9 Å². The summed E-state index contributed by atoms with van der Waals surface area (Å²) in [5.41, 5.74) is 2.50. The Balaban J connectivity index is 1.59. The van der Waals surface area contributed by atoms with Crippen molar-refractivity contribution in [3.8, 4) is 17.1 Å². The Morgan fingerprint density at radius 2 is 2.00 bits per heavy atom. The highest BCUT2D eigenvalue weighted by atomic mass is 19.1.